The van der Waals surface area contributed by atoms with Crippen molar-refractivity contribution in [2.24, 2.45) is 4.99 Å². The van der Waals surface area contributed by atoms with Crippen molar-refractivity contribution in [1.29, 1.82) is 0 Å². The van der Waals surface area contributed by atoms with Crippen LogP contribution in [0.2, 0.25) is 0 Å². The molecule has 0 spiro atoms. The lowest BCUT2D eigenvalue weighted by Gasteiger charge is -2.27. The minimum absolute atomic E-state index is 0. The Morgan fingerprint density at radius 2 is 1.90 bits per heavy atom. The Morgan fingerprint density at radius 3 is 2.57 bits per heavy atom. The molecule has 0 aliphatic rings. The summed E-state index contributed by atoms with van der Waals surface area (Å²) in [4.78, 5) is 16.6. The maximum absolute atomic E-state index is 12.0. The van der Waals surface area contributed by atoms with Gasteiger partial charge in [-0.15, -0.1) is 34.2 Å². The van der Waals surface area contributed by atoms with Crippen LogP contribution >= 0.6 is 24.0 Å². The third-order valence-electron chi connectivity index (χ3n) is 3.84. The van der Waals surface area contributed by atoms with Crippen LogP contribution in [-0.2, 0) is 11.2 Å². The van der Waals surface area contributed by atoms with E-state index in [-0.39, 0.29) is 24.0 Å². The molecule has 2 heterocycles. The number of amides is 1. The Morgan fingerprint density at radius 1 is 1.17 bits per heavy atom. The summed E-state index contributed by atoms with van der Waals surface area (Å²) in [6, 6.07) is 5.82. The normalized spacial score (nSPS) is 12.3. The van der Waals surface area contributed by atoms with Gasteiger partial charge in [0.25, 0.3) is 0 Å². The number of guanidine groups is 1. The number of hydrogen-bond acceptors (Lipinski definition) is 5. The summed E-state index contributed by atoms with van der Waals surface area (Å²) in [5, 5.41) is 17.8. The second-order valence-electron chi connectivity index (χ2n) is 8.43. The molecular weight excluding hydrogens is 497 g/mol. The largest absolute Gasteiger partial charge is 0.444 e. The fourth-order valence-electron chi connectivity index (χ4n) is 2.59. The number of aliphatic imine (C=N–C) groups is 1. The number of rotatable bonds is 7. The van der Waals surface area contributed by atoms with Gasteiger partial charge in [0.15, 0.2) is 11.6 Å². The number of fused-ring (bicyclic) bond motifs is 1. The Bertz CT molecular complexity index is 843. The van der Waals surface area contributed by atoms with Crippen molar-refractivity contribution in [2.45, 2.75) is 59.1 Å². The highest BCUT2D eigenvalue weighted by Gasteiger charge is 2.24. The molecular formula is C20H34IN7O2. The van der Waals surface area contributed by atoms with Gasteiger partial charge in [-0.1, -0.05) is 6.07 Å². The van der Waals surface area contributed by atoms with Crippen molar-refractivity contribution >= 4 is 41.7 Å². The van der Waals surface area contributed by atoms with Gasteiger partial charge < -0.3 is 20.7 Å². The van der Waals surface area contributed by atoms with Crippen LogP contribution in [0.1, 0.15) is 47.4 Å². The summed E-state index contributed by atoms with van der Waals surface area (Å²) in [7, 11) is 0. The van der Waals surface area contributed by atoms with Crippen LogP contribution in [0, 0.1) is 0 Å². The molecule has 1 amide bonds. The Hall–Kier alpha value is -2.11. The average Bonchev–Trinajstić information content (AvgIpc) is 3.01. The molecule has 0 saturated carbocycles. The van der Waals surface area contributed by atoms with Gasteiger partial charge in [0.2, 0.25) is 0 Å². The molecule has 0 bridgehead atoms. The number of nitrogens with zero attached hydrogens (tertiary/aromatic N) is 4. The summed E-state index contributed by atoms with van der Waals surface area (Å²) >= 11 is 0. The van der Waals surface area contributed by atoms with Crippen LogP contribution in [0.3, 0.4) is 0 Å². The molecule has 2 aromatic heterocycles. The molecule has 10 heteroatoms. The fraction of sp³-hybridized carbons (Fsp3) is 0.600. The van der Waals surface area contributed by atoms with Gasteiger partial charge in [-0.05, 0) is 53.7 Å². The molecule has 0 atom stereocenters. The van der Waals surface area contributed by atoms with Crippen LogP contribution in [0.5, 0.6) is 0 Å². The lowest BCUT2D eigenvalue weighted by molar-refractivity contribution is 0.0476. The Labute approximate surface area is 195 Å². The number of hydrogen-bond donors (Lipinski definition) is 3. The van der Waals surface area contributed by atoms with Crippen LogP contribution in [-0.4, -0.2) is 57.4 Å². The van der Waals surface area contributed by atoms with Gasteiger partial charge in [0.1, 0.15) is 11.4 Å². The highest BCUT2D eigenvalue weighted by atomic mass is 127. The third kappa shape index (κ3) is 8.72. The summed E-state index contributed by atoms with van der Waals surface area (Å²) < 4.78 is 7.30. The van der Waals surface area contributed by atoms with Crippen molar-refractivity contribution in [1.82, 2.24) is 30.5 Å². The standard InChI is InChI=1S/C20H33N7O2.HI/c1-7-21-17(23-14-20(5,6)24-18(28)29-19(2,3)4)22-12-11-16-26-25-15-10-8-9-13-27(15)16;/h8-10,13H,7,11-12,14H2,1-6H3,(H,24,28)(H2,21,22,23);1H. The highest BCUT2D eigenvalue weighted by molar-refractivity contribution is 14.0. The van der Waals surface area contributed by atoms with E-state index in [1.165, 1.54) is 0 Å². The zero-order chi connectivity index (χ0) is 21.5. The van der Waals surface area contributed by atoms with E-state index in [1.54, 1.807) is 0 Å². The zero-order valence-corrected chi connectivity index (χ0v) is 21.0. The van der Waals surface area contributed by atoms with Crippen LogP contribution in [0.15, 0.2) is 29.4 Å². The second kappa shape index (κ2) is 11.3. The van der Waals surface area contributed by atoms with E-state index in [0.717, 1.165) is 18.0 Å². The number of pyridine rings is 1. The zero-order valence-electron chi connectivity index (χ0n) is 18.7. The molecule has 3 N–H and O–H groups in total. The van der Waals surface area contributed by atoms with Gasteiger partial charge in [-0.25, -0.2) is 4.79 Å². The first-order chi connectivity index (χ1) is 13.6. The summed E-state index contributed by atoms with van der Waals surface area (Å²) in [6.45, 7) is 13.1. The SMILES string of the molecule is CCNC(=NCC(C)(C)NC(=O)OC(C)(C)C)NCCc1nnc2ccccn12.I. The molecule has 0 saturated heterocycles. The van der Waals surface area contributed by atoms with Crippen LogP contribution in [0.25, 0.3) is 5.65 Å². The van der Waals surface area contributed by atoms with Gasteiger partial charge in [-0.2, -0.15) is 0 Å². The van der Waals surface area contributed by atoms with Gasteiger partial charge >= 0.3 is 6.09 Å². The van der Waals surface area contributed by atoms with E-state index in [9.17, 15) is 4.79 Å². The first kappa shape index (κ1) is 25.9. The van der Waals surface area contributed by atoms with E-state index in [2.05, 4.69) is 31.1 Å². The summed E-state index contributed by atoms with van der Waals surface area (Å²) in [6.07, 6.45) is 2.21. The van der Waals surface area contributed by atoms with Crippen molar-refractivity contribution in [3.8, 4) is 0 Å². The number of carbonyl (C=O) groups is 1. The average molecular weight is 531 g/mol. The summed E-state index contributed by atoms with van der Waals surface area (Å²) in [5.74, 6) is 1.57. The van der Waals surface area contributed by atoms with Gasteiger partial charge in [-0.3, -0.25) is 9.39 Å². The quantitative estimate of drug-likeness (QED) is 0.289. The number of carbonyl (C=O) groups excluding carboxylic acids is 1. The van der Waals surface area contributed by atoms with Crippen LogP contribution < -0.4 is 16.0 Å². The van der Waals surface area contributed by atoms with E-state index in [4.69, 9.17) is 4.74 Å². The highest BCUT2D eigenvalue weighted by Crippen LogP contribution is 2.10. The minimum Gasteiger partial charge on any atom is -0.444 e. The molecule has 2 rings (SSSR count). The lowest BCUT2D eigenvalue weighted by Crippen LogP contribution is -2.49. The Kier molecular flexibility index (Phi) is 9.79. The fourth-order valence-corrected chi connectivity index (χ4v) is 2.59. The molecule has 0 fully saturated rings. The summed E-state index contributed by atoms with van der Waals surface area (Å²) in [5.41, 5.74) is -0.252. The topological polar surface area (TPSA) is 105 Å². The Balaban J connectivity index is 0.00000450. The van der Waals surface area contributed by atoms with Crippen molar-refractivity contribution < 1.29 is 9.53 Å². The first-order valence-corrected chi connectivity index (χ1v) is 9.91. The lowest BCUT2D eigenvalue weighted by atomic mass is 10.1. The number of aromatic nitrogens is 3. The number of halogens is 1. The third-order valence-corrected chi connectivity index (χ3v) is 3.84. The molecule has 9 nitrogen and oxygen atoms in total. The molecule has 0 aliphatic carbocycles. The van der Waals surface area contributed by atoms with Crippen LogP contribution in [0.4, 0.5) is 4.79 Å². The monoisotopic (exact) mass is 531 g/mol. The predicted molar refractivity (Wildman–Crippen MR) is 130 cm³/mol. The minimum atomic E-state index is -0.548. The van der Waals surface area contributed by atoms with E-state index < -0.39 is 17.2 Å². The first-order valence-electron chi connectivity index (χ1n) is 9.91. The molecule has 0 unspecified atom stereocenters. The molecule has 168 valence electrons. The number of ether oxygens (including phenoxy) is 1. The predicted octanol–water partition coefficient (Wildman–Crippen LogP) is 2.75. The number of nitrogens with one attached hydrogen (secondary N) is 3. The van der Waals surface area contributed by atoms with Crippen molar-refractivity contribution in [3.05, 3.63) is 30.2 Å². The molecule has 30 heavy (non-hydrogen) atoms. The molecule has 0 aromatic carbocycles. The maximum atomic E-state index is 12.0. The van der Waals surface area contributed by atoms with E-state index in [0.29, 0.717) is 25.5 Å². The smallest absolute Gasteiger partial charge is 0.408 e. The molecule has 2 aromatic rings. The molecule has 0 aliphatic heterocycles. The van der Waals surface area contributed by atoms with Crippen molar-refractivity contribution in [3.63, 3.8) is 0 Å². The number of alkyl carbamates (subject to hydrolysis) is 1. The van der Waals surface area contributed by atoms with Gasteiger partial charge in [0.05, 0.1) is 12.1 Å². The van der Waals surface area contributed by atoms with Gasteiger partial charge in [0, 0.05) is 25.7 Å². The second-order valence-corrected chi connectivity index (χ2v) is 8.43. The van der Waals surface area contributed by atoms with E-state index >= 15 is 0 Å². The maximum Gasteiger partial charge on any atom is 0.408 e. The molecule has 0 radical (unpaired) electrons. The van der Waals surface area contributed by atoms with Crippen molar-refractivity contribution in [2.75, 3.05) is 19.6 Å². The van der Waals surface area contributed by atoms with E-state index in [1.807, 2.05) is 70.3 Å².